The summed E-state index contributed by atoms with van der Waals surface area (Å²) in [6, 6.07) is 2.71. The van der Waals surface area contributed by atoms with Gasteiger partial charge in [-0.2, -0.15) is 13.2 Å². The molecule has 1 aromatic rings. The molecule has 134 valence electrons. The number of halogens is 3. The van der Waals surface area contributed by atoms with Crippen molar-refractivity contribution in [2.75, 3.05) is 6.61 Å². The third-order valence-corrected chi connectivity index (χ3v) is 7.43. The predicted molar refractivity (Wildman–Crippen MR) is 79.3 cm³/mol. The molecule has 3 rings (SSSR count). The number of aliphatic hydroxyl groups is 1. The maximum Gasteiger partial charge on any atom is 0.422 e. The quantitative estimate of drug-likeness (QED) is 0.890. The van der Waals surface area contributed by atoms with E-state index in [4.69, 9.17) is 0 Å². The van der Waals surface area contributed by atoms with Crippen LogP contribution in [0.4, 0.5) is 13.2 Å². The third-order valence-electron chi connectivity index (χ3n) is 4.77. The topological polar surface area (TPSA) is 76.5 Å². The summed E-state index contributed by atoms with van der Waals surface area (Å²) < 4.78 is 65.5. The maximum atomic E-state index is 12.3. The number of ether oxygens (including phenoxy) is 1. The zero-order valence-corrected chi connectivity index (χ0v) is 13.6. The highest BCUT2D eigenvalue weighted by Crippen LogP contribution is 2.46. The number of hydrogen-bond donors (Lipinski definition) is 1. The lowest BCUT2D eigenvalue weighted by atomic mass is 9.81. The molecule has 24 heavy (non-hydrogen) atoms. The highest BCUT2D eigenvalue weighted by molar-refractivity contribution is 7.92. The van der Waals surface area contributed by atoms with Crippen LogP contribution in [0.3, 0.4) is 0 Å². The van der Waals surface area contributed by atoms with Crippen LogP contribution in [0.15, 0.2) is 18.3 Å². The molecule has 2 unspecified atom stereocenters. The average molecular weight is 365 g/mol. The minimum Gasteiger partial charge on any atom is -0.468 e. The molecular formula is C15H18F3NO4S. The molecule has 2 bridgehead atoms. The fourth-order valence-electron chi connectivity index (χ4n) is 3.58. The summed E-state index contributed by atoms with van der Waals surface area (Å²) in [7, 11) is -3.21. The number of pyridine rings is 1. The van der Waals surface area contributed by atoms with Crippen LogP contribution in [0.5, 0.6) is 5.88 Å². The zero-order valence-electron chi connectivity index (χ0n) is 12.8. The van der Waals surface area contributed by atoms with Crippen molar-refractivity contribution in [3.8, 4) is 5.88 Å². The summed E-state index contributed by atoms with van der Waals surface area (Å²) in [5, 5.41) is 9.76. The highest BCUT2D eigenvalue weighted by atomic mass is 32.2. The molecule has 0 saturated carbocycles. The van der Waals surface area contributed by atoms with Crippen molar-refractivity contribution >= 4 is 9.84 Å². The monoisotopic (exact) mass is 365 g/mol. The predicted octanol–water partition coefficient (Wildman–Crippen LogP) is 2.34. The molecule has 2 atom stereocenters. The highest BCUT2D eigenvalue weighted by Gasteiger charge is 2.51. The van der Waals surface area contributed by atoms with Gasteiger partial charge in [-0.1, -0.05) is 6.42 Å². The van der Waals surface area contributed by atoms with Crippen LogP contribution in [0.25, 0.3) is 0 Å². The van der Waals surface area contributed by atoms with Crippen LogP contribution in [-0.2, 0) is 15.4 Å². The van der Waals surface area contributed by atoms with E-state index >= 15 is 0 Å². The molecule has 0 spiro atoms. The zero-order chi connectivity index (χ0) is 17.6. The summed E-state index contributed by atoms with van der Waals surface area (Å²) in [6.45, 7) is -1.44. The van der Waals surface area contributed by atoms with Gasteiger partial charge in [0.1, 0.15) is 0 Å². The summed E-state index contributed by atoms with van der Waals surface area (Å²) in [5.41, 5.74) is -0.912. The molecule has 1 N–H and O–H groups in total. The van der Waals surface area contributed by atoms with Gasteiger partial charge in [-0.3, -0.25) is 0 Å². The van der Waals surface area contributed by atoms with Crippen molar-refractivity contribution in [3.63, 3.8) is 0 Å². The lowest BCUT2D eigenvalue weighted by Gasteiger charge is -2.43. The minimum absolute atomic E-state index is 0.0935. The van der Waals surface area contributed by atoms with Gasteiger partial charge in [0.2, 0.25) is 5.88 Å². The van der Waals surface area contributed by atoms with E-state index < -0.39 is 38.7 Å². The maximum absolute atomic E-state index is 12.3. The Balaban J connectivity index is 1.77. The molecule has 0 aromatic carbocycles. The van der Waals surface area contributed by atoms with Crippen molar-refractivity contribution in [2.24, 2.45) is 0 Å². The number of nitrogens with zero attached hydrogens (tertiary/aromatic N) is 1. The van der Waals surface area contributed by atoms with Crippen LogP contribution >= 0.6 is 0 Å². The van der Waals surface area contributed by atoms with E-state index in [0.29, 0.717) is 18.4 Å². The Kier molecular flexibility index (Phi) is 4.28. The Morgan fingerprint density at radius 3 is 2.38 bits per heavy atom. The minimum atomic E-state index is -4.45. The SMILES string of the molecule is O=S1(=O)C2CCCC1CC(O)(c1ccc(OCC(F)(F)F)nc1)C2. The lowest BCUT2D eigenvalue weighted by molar-refractivity contribution is -0.154. The molecule has 3 heterocycles. The van der Waals surface area contributed by atoms with Crippen LogP contribution < -0.4 is 4.74 Å². The van der Waals surface area contributed by atoms with E-state index in [-0.39, 0.29) is 18.7 Å². The Morgan fingerprint density at radius 2 is 1.88 bits per heavy atom. The Labute approximate surface area is 137 Å². The second-order valence-electron chi connectivity index (χ2n) is 6.49. The van der Waals surface area contributed by atoms with Crippen molar-refractivity contribution in [3.05, 3.63) is 23.9 Å². The summed E-state index contributed by atoms with van der Waals surface area (Å²) in [5.74, 6) is -0.191. The molecule has 5 nitrogen and oxygen atoms in total. The fourth-order valence-corrected chi connectivity index (χ4v) is 6.13. The van der Waals surface area contributed by atoms with Crippen LogP contribution in [0.2, 0.25) is 0 Å². The van der Waals surface area contributed by atoms with Crippen molar-refractivity contribution in [1.29, 1.82) is 0 Å². The van der Waals surface area contributed by atoms with E-state index in [2.05, 4.69) is 9.72 Å². The van der Waals surface area contributed by atoms with Crippen molar-refractivity contribution in [2.45, 2.75) is 54.4 Å². The fraction of sp³-hybridized carbons (Fsp3) is 0.667. The largest absolute Gasteiger partial charge is 0.468 e. The second kappa shape index (κ2) is 5.87. The summed E-state index contributed by atoms with van der Waals surface area (Å²) >= 11 is 0. The number of fused-ring (bicyclic) bond motifs is 2. The number of hydrogen-bond acceptors (Lipinski definition) is 5. The van der Waals surface area contributed by atoms with E-state index in [1.54, 1.807) is 0 Å². The Hall–Kier alpha value is -1.35. The van der Waals surface area contributed by atoms with Gasteiger partial charge >= 0.3 is 6.18 Å². The number of rotatable bonds is 3. The molecule has 1 aromatic heterocycles. The second-order valence-corrected chi connectivity index (χ2v) is 9.00. The standard InChI is InChI=1S/C15H18F3NO4S/c16-15(17,18)9-23-13-5-4-10(8-19-13)14(20)6-11-2-1-3-12(7-14)24(11,21)22/h4-5,8,11-12,20H,1-3,6-7,9H2. The molecular weight excluding hydrogens is 347 g/mol. The molecule has 2 fully saturated rings. The van der Waals surface area contributed by atoms with Crippen molar-refractivity contribution in [1.82, 2.24) is 4.98 Å². The molecule has 0 amide bonds. The number of sulfone groups is 1. The van der Waals surface area contributed by atoms with Gasteiger partial charge in [0, 0.05) is 17.8 Å². The summed E-state index contributed by atoms with van der Waals surface area (Å²) in [4.78, 5) is 3.80. The van der Waals surface area contributed by atoms with E-state index in [9.17, 15) is 26.7 Å². The molecule has 2 aliphatic heterocycles. The van der Waals surface area contributed by atoms with Crippen LogP contribution in [0.1, 0.15) is 37.7 Å². The first-order valence-corrected chi connectivity index (χ1v) is 9.32. The first-order valence-electron chi connectivity index (χ1n) is 7.71. The van der Waals surface area contributed by atoms with Gasteiger partial charge in [-0.05, 0) is 31.7 Å². The van der Waals surface area contributed by atoms with Gasteiger partial charge in [-0.15, -0.1) is 0 Å². The number of aromatic nitrogens is 1. The van der Waals surface area contributed by atoms with Crippen LogP contribution in [-0.4, -0.2) is 41.8 Å². The van der Waals surface area contributed by atoms with E-state index in [0.717, 1.165) is 6.42 Å². The first-order chi connectivity index (χ1) is 11.1. The average Bonchev–Trinajstić information content (AvgIpc) is 2.47. The molecule has 9 heteroatoms. The molecule has 2 saturated heterocycles. The molecule has 2 aliphatic rings. The lowest BCUT2D eigenvalue weighted by Crippen LogP contribution is -2.50. The van der Waals surface area contributed by atoms with E-state index in [1.807, 2.05) is 0 Å². The van der Waals surface area contributed by atoms with Crippen molar-refractivity contribution < 1.29 is 31.4 Å². The summed E-state index contributed by atoms with van der Waals surface area (Å²) in [6.07, 6.45) is -1.12. The molecule has 0 aliphatic carbocycles. The number of alkyl halides is 3. The van der Waals surface area contributed by atoms with Gasteiger partial charge < -0.3 is 9.84 Å². The van der Waals surface area contributed by atoms with Gasteiger partial charge in [0.05, 0.1) is 16.1 Å². The smallest absolute Gasteiger partial charge is 0.422 e. The van der Waals surface area contributed by atoms with Gasteiger partial charge in [0.15, 0.2) is 16.4 Å². The van der Waals surface area contributed by atoms with E-state index in [1.165, 1.54) is 18.3 Å². The Morgan fingerprint density at radius 1 is 1.25 bits per heavy atom. The molecule has 0 radical (unpaired) electrons. The first kappa shape index (κ1) is 17.5. The van der Waals surface area contributed by atoms with Gasteiger partial charge in [0.25, 0.3) is 0 Å². The van der Waals surface area contributed by atoms with Gasteiger partial charge in [-0.25, -0.2) is 13.4 Å². The third kappa shape index (κ3) is 3.37. The van der Waals surface area contributed by atoms with Crippen LogP contribution in [0, 0.1) is 0 Å². The Bertz CT molecular complexity index is 682. The normalized spacial score (nSPS) is 32.3.